The maximum Gasteiger partial charge on any atom is 0.306 e. The molecule has 6 heteroatoms. The van der Waals surface area contributed by atoms with Crippen molar-refractivity contribution in [2.45, 2.75) is 341 Å². The topological polar surface area (TPSA) is 78.9 Å². The summed E-state index contributed by atoms with van der Waals surface area (Å²) in [5.41, 5.74) is 0. The summed E-state index contributed by atoms with van der Waals surface area (Å²) in [6.07, 6.45) is 71.7. The van der Waals surface area contributed by atoms with Crippen molar-refractivity contribution in [2.24, 2.45) is 0 Å². The van der Waals surface area contributed by atoms with Crippen LogP contribution in [0.25, 0.3) is 0 Å². The molecule has 0 aliphatic rings. The van der Waals surface area contributed by atoms with Gasteiger partial charge in [0.05, 0.1) is 0 Å². The number of unbranched alkanes of at least 4 members (excludes halogenated alkanes) is 40. The minimum atomic E-state index is -0.783. The zero-order valence-corrected chi connectivity index (χ0v) is 47.1. The molecule has 0 amide bonds. The number of hydrogen-bond donors (Lipinski definition) is 0. The Morgan fingerprint density at radius 1 is 0.300 bits per heavy atom. The molecule has 0 aromatic rings. The van der Waals surface area contributed by atoms with Gasteiger partial charge in [-0.2, -0.15) is 0 Å². The normalized spacial score (nSPS) is 12.2. The molecule has 0 heterocycles. The molecule has 0 fully saturated rings. The smallest absolute Gasteiger partial charge is 0.306 e. The van der Waals surface area contributed by atoms with Gasteiger partial charge in [0.25, 0.3) is 0 Å². The average Bonchev–Trinajstić information content (AvgIpc) is 3.36. The fraction of sp³-hybridized carbons (Fsp3) is 0.859. The maximum atomic E-state index is 12.8. The Hall–Kier alpha value is -2.37. The van der Waals surface area contributed by atoms with Gasteiger partial charge in [-0.3, -0.25) is 14.4 Å². The highest BCUT2D eigenvalue weighted by atomic mass is 16.6. The molecule has 0 bridgehead atoms. The predicted octanol–water partition coefficient (Wildman–Crippen LogP) is 20.8. The lowest BCUT2D eigenvalue weighted by Crippen LogP contribution is -2.30. The molecule has 0 aliphatic heterocycles. The molecule has 0 aromatic carbocycles. The molecule has 0 rings (SSSR count). The highest BCUT2D eigenvalue weighted by Crippen LogP contribution is 2.18. The van der Waals surface area contributed by atoms with Crippen molar-refractivity contribution in [3.8, 4) is 0 Å². The van der Waals surface area contributed by atoms with Gasteiger partial charge in [0.15, 0.2) is 6.10 Å². The van der Waals surface area contributed by atoms with Crippen LogP contribution in [0.1, 0.15) is 335 Å². The summed E-state index contributed by atoms with van der Waals surface area (Å²) < 4.78 is 16.9. The van der Waals surface area contributed by atoms with Crippen LogP contribution in [0, 0.1) is 0 Å². The third kappa shape index (κ3) is 56.5. The molecular weight excluding hydrogens is 865 g/mol. The standard InChI is InChI=1S/C64H118O6/c1-4-7-10-13-16-19-22-25-26-27-28-29-30-31-32-33-34-35-36-37-40-42-45-48-51-54-57-63(66)69-60-61(70-64(67)58-55-52-49-46-43-39-24-21-18-15-12-9-6-3)59-68-62(65)56-53-50-47-44-41-38-23-20-17-14-11-8-5-2/h9,12,18,21,39,43,61H,4-8,10-11,13-17,19-20,22-38,40-42,44-60H2,1-3H3/b12-9-,21-18-,43-39-. The number of carbonyl (C=O) groups is 3. The molecule has 0 aromatic heterocycles. The van der Waals surface area contributed by atoms with E-state index in [0.29, 0.717) is 19.3 Å². The number of allylic oxidation sites excluding steroid dienone is 6. The van der Waals surface area contributed by atoms with E-state index in [1.165, 1.54) is 212 Å². The second kappa shape index (κ2) is 59.2. The fourth-order valence-corrected chi connectivity index (χ4v) is 9.28. The summed E-state index contributed by atoms with van der Waals surface area (Å²) >= 11 is 0. The van der Waals surface area contributed by atoms with E-state index in [4.69, 9.17) is 14.2 Å². The highest BCUT2D eigenvalue weighted by molar-refractivity contribution is 5.71. The average molecular weight is 984 g/mol. The van der Waals surface area contributed by atoms with Crippen LogP contribution in [0.4, 0.5) is 0 Å². The van der Waals surface area contributed by atoms with Crippen molar-refractivity contribution >= 4 is 17.9 Å². The predicted molar refractivity (Wildman–Crippen MR) is 302 cm³/mol. The zero-order chi connectivity index (χ0) is 50.7. The van der Waals surface area contributed by atoms with E-state index in [1.54, 1.807) is 0 Å². The second-order valence-electron chi connectivity index (χ2n) is 21.0. The Morgan fingerprint density at radius 2 is 0.557 bits per heavy atom. The summed E-state index contributed by atoms with van der Waals surface area (Å²) in [6.45, 7) is 6.55. The molecule has 0 saturated carbocycles. The Balaban J connectivity index is 4.18. The molecule has 1 unspecified atom stereocenters. The zero-order valence-electron chi connectivity index (χ0n) is 47.1. The van der Waals surface area contributed by atoms with Crippen molar-refractivity contribution in [1.82, 2.24) is 0 Å². The van der Waals surface area contributed by atoms with Gasteiger partial charge in [0.2, 0.25) is 0 Å². The number of carbonyl (C=O) groups excluding carboxylic acids is 3. The van der Waals surface area contributed by atoms with E-state index >= 15 is 0 Å². The molecule has 0 radical (unpaired) electrons. The SMILES string of the molecule is CC/C=C\C/C=C\C/C=C\CCCCCC(=O)OC(COC(=O)CCCCCCCCCCCCCCC)COC(=O)CCCCCCCCCCCCCCCCCCCCCCCCCCCC. The number of esters is 3. The summed E-state index contributed by atoms with van der Waals surface area (Å²) in [5, 5.41) is 0. The van der Waals surface area contributed by atoms with E-state index in [9.17, 15) is 14.4 Å². The molecule has 0 spiro atoms. The Morgan fingerprint density at radius 3 is 0.871 bits per heavy atom. The lowest BCUT2D eigenvalue weighted by molar-refractivity contribution is -0.167. The molecule has 0 aliphatic carbocycles. The van der Waals surface area contributed by atoms with Gasteiger partial charge in [-0.1, -0.05) is 301 Å². The van der Waals surface area contributed by atoms with Crippen LogP contribution in [0.5, 0.6) is 0 Å². The van der Waals surface area contributed by atoms with Crippen LogP contribution >= 0.6 is 0 Å². The molecule has 0 N–H and O–H groups in total. The first kappa shape index (κ1) is 67.6. The monoisotopic (exact) mass is 983 g/mol. The van der Waals surface area contributed by atoms with Gasteiger partial charge >= 0.3 is 17.9 Å². The first-order valence-electron chi connectivity index (χ1n) is 31.0. The van der Waals surface area contributed by atoms with Gasteiger partial charge in [-0.05, 0) is 51.4 Å². The van der Waals surface area contributed by atoms with Crippen LogP contribution in [-0.2, 0) is 28.6 Å². The van der Waals surface area contributed by atoms with Gasteiger partial charge in [0.1, 0.15) is 13.2 Å². The maximum absolute atomic E-state index is 12.8. The first-order valence-corrected chi connectivity index (χ1v) is 31.0. The summed E-state index contributed by atoms with van der Waals surface area (Å²) in [5.74, 6) is -0.889. The fourth-order valence-electron chi connectivity index (χ4n) is 9.28. The Kier molecular flexibility index (Phi) is 57.2. The molecule has 6 nitrogen and oxygen atoms in total. The van der Waals surface area contributed by atoms with E-state index in [1.807, 2.05) is 0 Å². The Labute approximate surface area is 435 Å². The van der Waals surface area contributed by atoms with Crippen LogP contribution in [0.3, 0.4) is 0 Å². The second-order valence-corrected chi connectivity index (χ2v) is 21.0. The van der Waals surface area contributed by atoms with Crippen molar-refractivity contribution in [3.05, 3.63) is 36.5 Å². The van der Waals surface area contributed by atoms with Crippen molar-refractivity contribution in [1.29, 1.82) is 0 Å². The summed E-state index contributed by atoms with van der Waals surface area (Å²) in [7, 11) is 0. The van der Waals surface area contributed by atoms with Gasteiger partial charge < -0.3 is 14.2 Å². The largest absolute Gasteiger partial charge is 0.462 e. The summed E-state index contributed by atoms with van der Waals surface area (Å²) in [6, 6.07) is 0. The molecule has 0 saturated heterocycles. The first-order chi connectivity index (χ1) is 34.5. The number of hydrogen-bond acceptors (Lipinski definition) is 6. The molecule has 70 heavy (non-hydrogen) atoms. The lowest BCUT2D eigenvalue weighted by atomic mass is 10.0. The minimum Gasteiger partial charge on any atom is -0.462 e. The van der Waals surface area contributed by atoms with Crippen molar-refractivity contribution < 1.29 is 28.6 Å². The lowest BCUT2D eigenvalue weighted by Gasteiger charge is -2.18. The Bertz CT molecular complexity index is 1170. The number of ether oxygens (including phenoxy) is 3. The van der Waals surface area contributed by atoms with Crippen molar-refractivity contribution in [3.63, 3.8) is 0 Å². The van der Waals surface area contributed by atoms with E-state index in [0.717, 1.165) is 83.5 Å². The summed E-state index contributed by atoms with van der Waals surface area (Å²) in [4.78, 5) is 38.1. The third-order valence-corrected chi connectivity index (χ3v) is 13.9. The van der Waals surface area contributed by atoms with Gasteiger partial charge in [-0.15, -0.1) is 0 Å². The van der Waals surface area contributed by atoms with Crippen LogP contribution in [0.2, 0.25) is 0 Å². The van der Waals surface area contributed by atoms with Gasteiger partial charge in [-0.25, -0.2) is 0 Å². The number of rotatable bonds is 57. The van der Waals surface area contributed by atoms with Crippen molar-refractivity contribution in [2.75, 3.05) is 13.2 Å². The van der Waals surface area contributed by atoms with E-state index in [2.05, 4.69) is 57.2 Å². The third-order valence-electron chi connectivity index (χ3n) is 13.9. The molecular formula is C64H118O6. The highest BCUT2D eigenvalue weighted by Gasteiger charge is 2.19. The minimum absolute atomic E-state index is 0.0792. The van der Waals surface area contributed by atoms with Crippen LogP contribution < -0.4 is 0 Å². The van der Waals surface area contributed by atoms with E-state index < -0.39 is 6.10 Å². The molecule has 1 atom stereocenters. The molecule has 410 valence electrons. The van der Waals surface area contributed by atoms with Gasteiger partial charge in [0, 0.05) is 19.3 Å². The van der Waals surface area contributed by atoms with Crippen LogP contribution in [0.15, 0.2) is 36.5 Å². The van der Waals surface area contributed by atoms with E-state index in [-0.39, 0.29) is 31.1 Å². The van der Waals surface area contributed by atoms with Crippen LogP contribution in [-0.4, -0.2) is 37.2 Å². The quantitative estimate of drug-likeness (QED) is 0.0261.